The molecule has 0 bridgehead atoms. The van der Waals surface area contributed by atoms with Crippen LogP contribution >= 0.6 is 0 Å². The molecule has 118 valence electrons. The van der Waals surface area contributed by atoms with Crippen LogP contribution in [0.5, 0.6) is 0 Å². The molecule has 3 rings (SSSR count). The zero-order valence-electron chi connectivity index (χ0n) is 13.9. The standard InChI is InChI=1S/C16H24N6/c1-9-6-10(2)18-15-13(9)14(17-4)20-16(21-15)19-12-7-11(3)22(5)8-12/h6,11-12H,7-8H2,1-5H3,(H2,17,18,19,20,21)/t11-,12-/m0/s1. The Hall–Kier alpha value is -1.95. The number of rotatable bonds is 3. The lowest BCUT2D eigenvalue weighted by atomic mass is 10.1. The Balaban J connectivity index is 1.97. The molecule has 0 amide bonds. The van der Waals surface area contributed by atoms with E-state index in [1.165, 1.54) is 0 Å². The summed E-state index contributed by atoms with van der Waals surface area (Å²) in [6, 6.07) is 3.03. The monoisotopic (exact) mass is 300 g/mol. The Kier molecular flexibility index (Phi) is 3.87. The molecule has 1 aliphatic rings. The minimum absolute atomic E-state index is 0.382. The van der Waals surface area contributed by atoms with Gasteiger partial charge in [0.2, 0.25) is 5.95 Å². The Morgan fingerprint density at radius 3 is 2.64 bits per heavy atom. The van der Waals surface area contributed by atoms with E-state index >= 15 is 0 Å². The Bertz CT molecular complexity index is 689. The third kappa shape index (κ3) is 2.70. The lowest BCUT2D eigenvalue weighted by Crippen LogP contribution is -2.25. The number of pyridine rings is 1. The van der Waals surface area contributed by atoms with Gasteiger partial charge in [0.1, 0.15) is 5.82 Å². The van der Waals surface area contributed by atoms with E-state index in [2.05, 4.69) is 57.4 Å². The summed E-state index contributed by atoms with van der Waals surface area (Å²) < 4.78 is 0. The molecule has 1 fully saturated rings. The molecule has 0 unspecified atom stereocenters. The lowest BCUT2D eigenvalue weighted by molar-refractivity contribution is 0.330. The molecule has 1 aliphatic heterocycles. The van der Waals surface area contributed by atoms with Crippen LogP contribution in [-0.2, 0) is 0 Å². The van der Waals surface area contributed by atoms with E-state index in [1.54, 1.807) is 0 Å². The van der Waals surface area contributed by atoms with E-state index in [1.807, 2.05) is 14.0 Å². The van der Waals surface area contributed by atoms with Crippen molar-refractivity contribution < 1.29 is 0 Å². The number of hydrogen-bond acceptors (Lipinski definition) is 6. The average molecular weight is 300 g/mol. The molecule has 2 atom stereocenters. The van der Waals surface area contributed by atoms with Crippen molar-refractivity contribution in [3.8, 4) is 0 Å². The van der Waals surface area contributed by atoms with Gasteiger partial charge in [-0.3, -0.25) is 0 Å². The summed E-state index contributed by atoms with van der Waals surface area (Å²) >= 11 is 0. The van der Waals surface area contributed by atoms with Gasteiger partial charge >= 0.3 is 0 Å². The van der Waals surface area contributed by atoms with Crippen LogP contribution in [0.4, 0.5) is 11.8 Å². The second kappa shape index (κ2) is 5.68. The topological polar surface area (TPSA) is 66.0 Å². The van der Waals surface area contributed by atoms with Crippen molar-refractivity contribution in [1.82, 2.24) is 19.9 Å². The SMILES string of the molecule is CNc1nc(N[C@H]2C[C@H](C)N(C)C2)nc2nc(C)cc(C)c12. The molecule has 1 saturated heterocycles. The third-order valence-electron chi connectivity index (χ3n) is 4.45. The van der Waals surface area contributed by atoms with E-state index in [0.29, 0.717) is 18.0 Å². The molecule has 2 N–H and O–H groups in total. The number of likely N-dealkylation sites (N-methyl/N-ethyl adjacent to an activating group) is 1. The zero-order valence-corrected chi connectivity index (χ0v) is 13.9. The van der Waals surface area contributed by atoms with Crippen LogP contribution in [0, 0.1) is 13.8 Å². The van der Waals surface area contributed by atoms with E-state index < -0.39 is 0 Å². The van der Waals surface area contributed by atoms with Crippen LogP contribution in [0.1, 0.15) is 24.6 Å². The molecule has 0 saturated carbocycles. The van der Waals surface area contributed by atoms with Crippen LogP contribution in [0.15, 0.2) is 6.07 Å². The summed E-state index contributed by atoms with van der Waals surface area (Å²) in [5, 5.41) is 7.63. The quantitative estimate of drug-likeness (QED) is 0.906. The van der Waals surface area contributed by atoms with Gasteiger partial charge in [0.05, 0.1) is 5.39 Å². The molecule has 6 nitrogen and oxygen atoms in total. The van der Waals surface area contributed by atoms with Crippen LogP contribution < -0.4 is 10.6 Å². The third-order valence-corrected chi connectivity index (χ3v) is 4.45. The predicted octanol–water partition coefficient (Wildman–Crippen LogP) is 2.19. The van der Waals surface area contributed by atoms with E-state index in [4.69, 9.17) is 0 Å². The first kappa shape index (κ1) is 15.0. The van der Waals surface area contributed by atoms with Gasteiger partial charge in [-0.15, -0.1) is 0 Å². The largest absolute Gasteiger partial charge is 0.372 e. The fourth-order valence-corrected chi connectivity index (χ4v) is 3.20. The molecule has 0 aliphatic carbocycles. The van der Waals surface area contributed by atoms with Gasteiger partial charge in [0, 0.05) is 31.4 Å². The number of anilines is 2. The maximum Gasteiger partial charge on any atom is 0.226 e. The number of likely N-dealkylation sites (tertiary alicyclic amines) is 1. The summed E-state index contributed by atoms with van der Waals surface area (Å²) in [5.74, 6) is 1.48. The zero-order chi connectivity index (χ0) is 15.9. The minimum atomic E-state index is 0.382. The van der Waals surface area contributed by atoms with Gasteiger partial charge < -0.3 is 15.5 Å². The molecule has 2 aromatic heterocycles. The summed E-state index contributed by atoms with van der Waals surface area (Å²) in [6.07, 6.45) is 1.10. The second-order valence-electron chi connectivity index (χ2n) is 6.29. The smallest absolute Gasteiger partial charge is 0.226 e. The predicted molar refractivity (Wildman–Crippen MR) is 90.5 cm³/mol. The van der Waals surface area contributed by atoms with Crippen molar-refractivity contribution in [2.45, 2.75) is 39.3 Å². The van der Waals surface area contributed by atoms with Crippen LogP contribution in [0.3, 0.4) is 0 Å². The van der Waals surface area contributed by atoms with Gasteiger partial charge in [-0.1, -0.05) is 0 Å². The van der Waals surface area contributed by atoms with E-state index in [9.17, 15) is 0 Å². The summed E-state index contributed by atoms with van der Waals surface area (Å²) in [5.41, 5.74) is 2.87. The van der Waals surface area contributed by atoms with E-state index in [0.717, 1.165) is 41.1 Å². The molecule has 3 heterocycles. The molecular weight excluding hydrogens is 276 g/mol. The fraction of sp³-hybridized carbons (Fsp3) is 0.562. The van der Waals surface area contributed by atoms with E-state index in [-0.39, 0.29) is 0 Å². The first-order valence-electron chi connectivity index (χ1n) is 7.78. The van der Waals surface area contributed by atoms with Gasteiger partial charge in [-0.05, 0) is 45.9 Å². The van der Waals surface area contributed by atoms with Crippen LogP contribution in [-0.4, -0.2) is 52.6 Å². The highest BCUT2D eigenvalue weighted by molar-refractivity contribution is 5.90. The van der Waals surface area contributed by atoms with Crippen molar-refractivity contribution in [3.05, 3.63) is 17.3 Å². The maximum absolute atomic E-state index is 4.63. The molecule has 22 heavy (non-hydrogen) atoms. The maximum atomic E-state index is 4.63. The second-order valence-corrected chi connectivity index (χ2v) is 6.29. The Labute approximate surface area is 131 Å². The highest BCUT2D eigenvalue weighted by atomic mass is 15.2. The van der Waals surface area contributed by atoms with Crippen molar-refractivity contribution in [2.75, 3.05) is 31.3 Å². The molecule has 0 spiro atoms. The summed E-state index contributed by atoms with van der Waals surface area (Å²) in [6.45, 7) is 7.32. The average Bonchev–Trinajstić information content (AvgIpc) is 2.75. The number of nitrogens with zero attached hydrogens (tertiary/aromatic N) is 4. The Morgan fingerprint density at radius 1 is 1.23 bits per heavy atom. The minimum Gasteiger partial charge on any atom is -0.372 e. The van der Waals surface area contributed by atoms with Crippen molar-refractivity contribution in [3.63, 3.8) is 0 Å². The van der Waals surface area contributed by atoms with Crippen LogP contribution in [0.25, 0.3) is 11.0 Å². The number of fused-ring (bicyclic) bond motifs is 1. The van der Waals surface area contributed by atoms with Gasteiger partial charge in [0.25, 0.3) is 0 Å². The number of aryl methyl sites for hydroxylation is 2. The number of nitrogens with one attached hydrogen (secondary N) is 2. The van der Waals surface area contributed by atoms with Crippen molar-refractivity contribution in [1.29, 1.82) is 0 Å². The first-order chi connectivity index (χ1) is 10.5. The fourth-order valence-electron chi connectivity index (χ4n) is 3.20. The molecule has 2 aromatic rings. The van der Waals surface area contributed by atoms with Crippen molar-refractivity contribution in [2.24, 2.45) is 0 Å². The van der Waals surface area contributed by atoms with Crippen LogP contribution in [0.2, 0.25) is 0 Å². The number of hydrogen-bond donors (Lipinski definition) is 2. The normalized spacial score (nSPS) is 22.2. The lowest BCUT2D eigenvalue weighted by Gasteiger charge is -2.15. The molecule has 0 radical (unpaired) electrons. The van der Waals surface area contributed by atoms with Gasteiger partial charge in [0.15, 0.2) is 5.65 Å². The first-order valence-corrected chi connectivity index (χ1v) is 7.78. The molecule has 6 heteroatoms. The molecule has 0 aromatic carbocycles. The van der Waals surface area contributed by atoms with Gasteiger partial charge in [-0.25, -0.2) is 4.98 Å². The highest BCUT2D eigenvalue weighted by Crippen LogP contribution is 2.26. The summed E-state index contributed by atoms with van der Waals surface area (Å²) in [4.78, 5) is 16.2. The highest BCUT2D eigenvalue weighted by Gasteiger charge is 2.26. The molecular formula is C16H24N6. The summed E-state index contributed by atoms with van der Waals surface area (Å²) in [7, 11) is 4.04. The Morgan fingerprint density at radius 2 is 2.00 bits per heavy atom. The van der Waals surface area contributed by atoms with Crippen molar-refractivity contribution >= 4 is 22.8 Å². The number of aromatic nitrogens is 3. The van der Waals surface area contributed by atoms with Gasteiger partial charge in [-0.2, -0.15) is 9.97 Å².